The van der Waals surface area contributed by atoms with E-state index < -0.39 is 0 Å². The van der Waals surface area contributed by atoms with Gasteiger partial charge in [-0.15, -0.1) is 0 Å². The van der Waals surface area contributed by atoms with Gasteiger partial charge in [-0.25, -0.2) is 0 Å². The van der Waals surface area contributed by atoms with Crippen molar-refractivity contribution in [2.45, 2.75) is 38.5 Å². The Bertz CT molecular complexity index is 5160. The summed E-state index contributed by atoms with van der Waals surface area (Å²) < 4.78 is 8.07. The maximum Gasteiger partial charge on any atom is 0.252 e. The van der Waals surface area contributed by atoms with Gasteiger partial charge in [0.2, 0.25) is 0 Å². The number of anilines is 6. The van der Waals surface area contributed by atoms with Crippen LogP contribution < -0.4 is 42.6 Å². The molecule has 0 fully saturated rings. The van der Waals surface area contributed by atoms with Gasteiger partial charge in [-0.05, 0) is 122 Å². The Morgan fingerprint density at radius 2 is 0.696 bits per heavy atom. The second kappa shape index (κ2) is 13.6. The van der Waals surface area contributed by atoms with Crippen molar-refractivity contribution in [3.63, 3.8) is 0 Å². The molecule has 6 aliphatic rings. The van der Waals surface area contributed by atoms with E-state index in [1.807, 2.05) is 0 Å². The second-order valence-electron chi connectivity index (χ2n) is 24.3. The van der Waals surface area contributed by atoms with Crippen molar-refractivity contribution in [1.29, 1.82) is 0 Å². The Morgan fingerprint density at radius 3 is 1.24 bits per heavy atom. The van der Waals surface area contributed by atoms with Gasteiger partial charge in [0.05, 0.1) is 33.8 Å². The topological polar surface area (TPSA) is 21.3 Å². The molecule has 7 heteroatoms. The van der Waals surface area contributed by atoms with Crippen molar-refractivity contribution in [1.82, 2.24) is 13.7 Å². The summed E-state index contributed by atoms with van der Waals surface area (Å²) in [5.74, 6) is 0. The van der Waals surface area contributed by atoms with Gasteiger partial charge >= 0.3 is 0 Å². The van der Waals surface area contributed by atoms with Crippen LogP contribution in [0.4, 0.5) is 34.1 Å². The summed E-state index contributed by atoms with van der Waals surface area (Å²) in [5, 5.41) is 7.78. The van der Waals surface area contributed by atoms with Gasteiger partial charge in [-0.1, -0.05) is 173 Å². The molecule has 0 spiro atoms. The highest BCUT2D eigenvalue weighted by molar-refractivity contribution is 7.04. The van der Waals surface area contributed by atoms with E-state index in [1.54, 1.807) is 0 Å². The van der Waals surface area contributed by atoms with Crippen molar-refractivity contribution >= 4 is 146 Å². The molecule has 14 aromatic rings. The smallest absolute Gasteiger partial charge is 0.252 e. The molecular formula is C72H47B2N5. The Morgan fingerprint density at radius 1 is 0.291 bits per heavy atom. The van der Waals surface area contributed by atoms with Crippen LogP contribution >= 0.6 is 0 Å². The molecule has 0 amide bonds. The quantitative estimate of drug-likeness (QED) is 0.161. The summed E-state index contributed by atoms with van der Waals surface area (Å²) in [5.41, 5.74) is 32.2. The minimum Gasteiger partial charge on any atom is -0.311 e. The number of hydrogen-bond donors (Lipinski definition) is 0. The normalized spacial score (nSPS) is 15.7. The fraction of sp³-hybridized carbons (Fsp3) is 0.0833. The van der Waals surface area contributed by atoms with Crippen LogP contribution in [0.15, 0.2) is 212 Å². The maximum absolute atomic E-state index is 2.73. The lowest BCUT2D eigenvalue weighted by molar-refractivity contribution is 0.632. The highest BCUT2D eigenvalue weighted by Gasteiger charge is 2.50. The predicted octanol–water partition coefficient (Wildman–Crippen LogP) is 13.5. The molecule has 11 aromatic carbocycles. The van der Waals surface area contributed by atoms with Gasteiger partial charge < -0.3 is 23.5 Å². The minimum atomic E-state index is -0.194. The predicted molar refractivity (Wildman–Crippen MR) is 332 cm³/mol. The first-order valence-corrected chi connectivity index (χ1v) is 28.2. The van der Waals surface area contributed by atoms with Gasteiger partial charge in [-0.3, -0.25) is 0 Å². The molecule has 0 radical (unpaired) electrons. The number of nitrogens with zero attached hydrogens (tertiary/aromatic N) is 5. The van der Waals surface area contributed by atoms with Crippen molar-refractivity contribution in [3.8, 4) is 17.1 Å². The van der Waals surface area contributed by atoms with Crippen molar-refractivity contribution in [2.24, 2.45) is 0 Å². The van der Waals surface area contributed by atoms with Crippen LogP contribution in [0, 0.1) is 0 Å². The zero-order valence-electron chi connectivity index (χ0n) is 44.1. The minimum absolute atomic E-state index is 0.0508. The van der Waals surface area contributed by atoms with E-state index in [9.17, 15) is 0 Å². The number of hydrogen-bond acceptors (Lipinski definition) is 2. The van der Waals surface area contributed by atoms with E-state index in [-0.39, 0.29) is 24.3 Å². The SMILES string of the molecule is CC1(C)c2ccccc2N(c2ccc3c(c2)c2cc(N4c5ccccc5C(C)(C)c5ccccc54)cc4c2n3-c2cc3c5c6c2B4c2cccc4c7cccc(c7n-6c24)B5c2cccc4c5ccccc5n-3c24)c2ccccc21. The molecule has 0 bridgehead atoms. The molecule has 9 heterocycles. The van der Waals surface area contributed by atoms with E-state index in [2.05, 4.69) is 264 Å². The van der Waals surface area contributed by atoms with Crippen molar-refractivity contribution < 1.29 is 0 Å². The van der Waals surface area contributed by atoms with Crippen LogP contribution in [0.2, 0.25) is 0 Å². The van der Waals surface area contributed by atoms with Gasteiger partial charge in [0.1, 0.15) is 0 Å². The average Bonchev–Trinajstić information content (AvgIpc) is 2.18. The Kier molecular flexibility index (Phi) is 7.19. The van der Waals surface area contributed by atoms with Gasteiger partial charge in [-0.2, -0.15) is 0 Å². The number of rotatable bonds is 2. The van der Waals surface area contributed by atoms with Gasteiger partial charge in [0.25, 0.3) is 13.4 Å². The van der Waals surface area contributed by atoms with Crippen LogP contribution in [0.3, 0.4) is 0 Å². The molecule has 79 heavy (non-hydrogen) atoms. The fourth-order valence-electron chi connectivity index (χ4n) is 17.0. The summed E-state index contributed by atoms with van der Waals surface area (Å²) >= 11 is 0. The van der Waals surface area contributed by atoms with Gasteiger partial charge in [0.15, 0.2) is 0 Å². The lowest BCUT2D eigenvalue weighted by Crippen LogP contribution is -2.66. The number of fused-ring (bicyclic) bond motifs is 17. The second-order valence-corrected chi connectivity index (χ2v) is 24.3. The zero-order chi connectivity index (χ0) is 51.7. The molecule has 3 aromatic heterocycles. The molecule has 6 aliphatic heterocycles. The van der Waals surface area contributed by atoms with E-state index in [0.717, 1.165) is 5.69 Å². The molecule has 0 saturated carbocycles. The molecular weight excluding hydrogens is 956 g/mol. The summed E-state index contributed by atoms with van der Waals surface area (Å²) in [7, 11) is 0. The molecule has 0 aliphatic carbocycles. The first kappa shape index (κ1) is 41.7. The number of para-hydroxylation sites is 8. The third-order valence-electron chi connectivity index (χ3n) is 20.1. The number of benzene rings is 11. The van der Waals surface area contributed by atoms with Gasteiger partial charge in [0, 0.05) is 93.7 Å². The standard InChI is InChI=1S/C72H47B2N5/c1-71(2)48-22-6-11-30-58(48)75(59-31-12-7-23-49(59)71)40-34-35-57-46(36-40)47-37-41(76-60-32-13-8-24-50(60)72(3,4)51-25-9-14-33-61(51)76)38-55-69(47)78(57)63-39-62-64-70-65(63)74(55)54-28-17-21-45-44-20-16-27-53(67(44)79(70)68(45)54)73(64)52-26-15-19-43-42-18-5-10-29-56(42)77(62)66(43)52/h5-39H,1-4H3. The van der Waals surface area contributed by atoms with Crippen LogP contribution in [0.1, 0.15) is 49.9 Å². The van der Waals surface area contributed by atoms with E-state index in [1.165, 1.54) is 166 Å². The zero-order valence-corrected chi connectivity index (χ0v) is 44.1. The summed E-state index contributed by atoms with van der Waals surface area (Å²) in [6, 6.07) is 82.1. The van der Waals surface area contributed by atoms with E-state index in [0.29, 0.717) is 0 Å². The maximum atomic E-state index is 2.73. The molecule has 0 N–H and O–H groups in total. The largest absolute Gasteiger partial charge is 0.311 e. The first-order valence-electron chi connectivity index (χ1n) is 28.2. The molecule has 0 unspecified atom stereocenters. The van der Waals surface area contributed by atoms with Crippen LogP contribution in [-0.4, -0.2) is 27.1 Å². The molecule has 20 rings (SSSR count). The highest BCUT2D eigenvalue weighted by Crippen LogP contribution is 2.55. The molecule has 0 atom stereocenters. The monoisotopic (exact) mass is 1000 g/mol. The summed E-state index contributed by atoms with van der Waals surface area (Å²) in [6.45, 7) is 9.55. The van der Waals surface area contributed by atoms with E-state index in [4.69, 9.17) is 0 Å². The number of aromatic nitrogens is 3. The highest BCUT2D eigenvalue weighted by atomic mass is 15.2. The Hall–Kier alpha value is -9.45. The summed E-state index contributed by atoms with van der Waals surface area (Å²) in [4.78, 5) is 5.12. The Labute approximate surface area is 456 Å². The lowest BCUT2D eigenvalue weighted by Gasteiger charge is -2.43. The van der Waals surface area contributed by atoms with Crippen LogP contribution in [-0.2, 0) is 10.8 Å². The third-order valence-corrected chi connectivity index (χ3v) is 20.1. The lowest BCUT2D eigenvalue weighted by atomic mass is 9.30. The van der Waals surface area contributed by atoms with E-state index >= 15 is 0 Å². The van der Waals surface area contributed by atoms with Crippen LogP contribution in [0.5, 0.6) is 0 Å². The Balaban J connectivity index is 0.971. The molecule has 0 saturated heterocycles. The van der Waals surface area contributed by atoms with Crippen molar-refractivity contribution in [2.75, 3.05) is 9.80 Å². The molecule has 5 nitrogen and oxygen atoms in total. The molecule has 366 valence electrons. The van der Waals surface area contributed by atoms with Crippen molar-refractivity contribution in [3.05, 3.63) is 235 Å². The van der Waals surface area contributed by atoms with Crippen LogP contribution in [0.25, 0.3) is 82.5 Å². The third kappa shape index (κ3) is 4.61. The average molecular weight is 1000 g/mol. The first-order chi connectivity index (χ1) is 38.8. The summed E-state index contributed by atoms with van der Waals surface area (Å²) in [6.07, 6.45) is 0. The fourth-order valence-corrected chi connectivity index (χ4v) is 17.0.